The molecule has 1 N–H and O–H groups in total. The quantitative estimate of drug-likeness (QED) is 0.765. The van der Waals surface area contributed by atoms with Crippen LogP contribution in [-0.4, -0.2) is 28.3 Å². The predicted octanol–water partition coefficient (Wildman–Crippen LogP) is 2.57. The molecule has 0 saturated heterocycles. The molecule has 1 aromatic heterocycles. The lowest BCUT2D eigenvalue weighted by Crippen LogP contribution is -2.21. The Balaban J connectivity index is 1.86. The van der Waals surface area contributed by atoms with E-state index in [1.54, 1.807) is 24.3 Å². The first kappa shape index (κ1) is 16.3. The average Bonchev–Trinajstić information content (AvgIpc) is 3.18. The summed E-state index contributed by atoms with van der Waals surface area (Å²) in [7, 11) is 0. The van der Waals surface area contributed by atoms with Gasteiger partial charge in [0.2, 0.25) is 6.79 Å². The number of nitrogens with zero attached hydrogens (tertiary/aromatic N) is 2. The summed E-state index contributed by atoms with van der Waals surface area (Å²) < 4.78 is 13.0. The number of fused-ring (bicyclic) bond motifs is 2. The summed E-state index contributed by atoms with van der Waals surface area (Å²) in [4.78, 5) is 28.2. The van der Waals surface area contributed by atoms with E-state index >= 15 is 0 Å². The zero-order chi connectivity index (χ0) is 18.3. The second kappa shape index (κ2) is 6.30. The Morgan fingerprint density at radius 2 is 1.88 bits per heavy atom. The highest BCUT2D eigenvalue weighted by Crippen LogP contribution is 2.36. The normalized spacial score (nSPS) is 13.3. The Bertz CT molecular complexity index is 1100. The highest BCUT2D eigenvalue weighted by molar-refractivity contribution is 7.16. The minimum atomic E-state index is -1.02. The van der Waals surface area contributed by atoms with Crippen LogP contribution in [0.1, 0.15) is 15.9 Å². The number of thiazole rings is 1. The number of carboxylic acids is 1. The topological polar surface area (TPSA) is 90.1 Å². The van der Waals surface area contributed by atoms with Crippen LogP contribution in [0.4, 0.5) is 0 Å². The molecule has 0 atom stereocenters. The third kappa shape index (κ3) is 2.95. The number of benzene rings is 2. The zero-order valence-corrected chi connectivity index (χ0v) is 14.6. The van der Waals surface area contributed by atoms with Crippen LogP contribution >= 0.6 is 11.3 Å². The fourth-order valence-electron chi connectivity index (χ4n) is 2.68. The summed E-state index contributed by atoms with van der Waals surface area (Å²) in [6.45, 7) is 1.76. The van der Waals surface area contributed by atoms with Crippen molar-refractivity contribution < 1.29 is 24.2 Å². The average molecular weight is 370 g/mol. The Hall–Kier alpha value is -3.13. The number of hydrogen-bond donors (Lipinski definition) is 1. The monoisotopic (exact) mass is 370 g/mol. The van der Waals surface area contributed by atoms with Gasteiger partial charge < -0.3 is 19.1 Å². The number of aryl methyl sites for hydroxylation is 1. The summed E-state index contributed by atoms with van der Waals surface area (Å²) in [5, 5.41) is 9.25. The summed E-state index contributed by atoms with van der Waals surface area (Å²) in [6.07, 6.45) is 0. The van der Waals surface area contributed by atoms with Gasteiger partial charge in [-0.2, -0.15) is 4.99 Å². The first-order chi connectivity index (χ1) is 12.5. The number of aliphatic carboxylic acids is 1. The first-order valence-corrected chi connectivity index (χ1v) is 8.63. The van der Waals surface area contributed by atoms with Gasteiger partial charge in [-0.15, -0.1) is 0 Å². The van der Waals surface area contributed by atoms with Crippen molar-refractivity contribution in [3.8, 4) is 11.5 Å². The standard InChI is InChI=1S/C18H14N2O5S/c1-10-2-4-11(5-3-10)17(23)19-18-20(8-16(21)22)12-6-13-14(25-9-24-13)7-15(12)26-18/h2-7H,8-9H2,1H3,(H,21,22). The Labute approximate surface area is 151 Å². The molecule has 0 unspecified atom stereocenters. The van der Waals surface area contributed by atoms with Crippen molar-refractivity contribution in [1.82, 2.24) is 4.57 Å². The third-order valence-corrected chi connectivity index (χ3v) is 5.01. The smallest absolute Gasteiger partial charge is 0.323 e. The fraction of sp³-hybridized carbons (Fsp3) is 0.167. The number of rotatable bonds is 3. The zero-order valence-electron chi connectivity index (χ0n) is 13.8. The van der Waals surface area contributed by atoms with Crippen molar-refractivity contribution in [2.75, 3.05) is 6.79 Å². The van der Waals surface area contributed by atoms with Gasteiger partial charge in [0.05, 0.1) is 10.2 Å². The highest BCUT2D eigenvalue weighted by Gasteiger charge is 2.19. The first-order valence-electron chi connectivity index (χ1n) is 7.82. The molecule has 0 radical (unpaired) electrons. The van der Waals surface area contributed by atoms with E-state index in [1.165, 1.54) is 15.9 Å². The van der Waals surface area contributed by atoms with Crippen LogP contribution in [0.5, 0.6) is 11.5 Å². The van der Waals surface area contributed by atoms with Crippen molar-refractivity contribution in [3.63, 3.8) is 0 Å². The molecule has 1 amide bonds. The van der Waals surface area contributed by atoms with E-state index in [0.717, 1.165) is 10.3 Å². The van der Waals surface area contributed by atoms with Gasteiger partial charge in [-0.25, -0.2) is 0 Å². The summed E-state index contributed by atoms with van der Waals surface area (Å²) in [5.74, 6) is -0.300. The molecule has 1 aliphatic rings. The molecule has 0 aliphatic carbocycles. The van der Waals surface area contributed by atoms with Crippen LogP contribution in [-0.2, 0) is 11.3 Å². The van der Waals surface area contributed by atoms with Crippen LogP contribution in [0.25, 0.3) is 10.2 Å². The molecule has 0 saturated carbocycles. The van der Waals surface area contributed by atoms with Crippen LogP contribution < -0.4 is 14.3 Å². The van der Waals surface area contributed by atoms with Gasteiger partial charge in [0.25, 0.3) is 5.91 Å². The van der Waals surface area contributed by atoms with E-state index in [1.807, 2.05) is 19.1 Å². The molecule has 0 fully saturated rings. The van der Waals surface area contributed by atoms with Crippen molar-refractivity contribution >= 4 is 33.4 Å². The molecule has 26 heavy (non-hydrogen) atoms. The maximum Gasteiger partial charge on any atom is 0.323 e. The molecule has 0 bridgehead atoms. The van der Waals surface area contributed by atoms with Crippen LogP contribution in [0.2, 0.25) is 0 Å². The lowest BCUT2D eigenvalue weighted by Gasteiger charge is -2.02. The maximum atomic E-state index is 12.5. The molecule has 2 heterocycles. The van der Waals surface area contributed by atoms with Gasteiger partial charge in [0.15, 0.2) is 16.3 Å². The molecular formula is C18H14N2O5S. The fourth-order valence-corrected chi connectivity index (χ4v) is 3.72. The molecule has 132 valence electrons. The molecular weight excluding hydrogens is 356 g/mol. The Kier molecular flexibility index (Phi) is 3.96. The SMILES string of the molecule is Cc1ccc(C(=O)N=c2sc3cc4c(cc3n2CC(=O)O)OCO4)cc1. The maximum absolute atomic E-state index is 12.5. The summed E-state index contributed by atoms with van der Waals surface area (Å²) in [6, 6.07) is 10.6. The molecule has 2 aromatic carbocycles. The number of carbonyl (C=O) groups excluding carboxylic acids is 1. The summed E-state index contributed by atoms with van der Waals surface area (Å²) in [5.41, 5.74) is 2.13. The van der Waals surface area contributed by atoms with Gasteiger partial charge in [0, 0.05) is 17.7 Å². The number of carbonyl (C=O) groups is 2. The van der Waals surface area contributed by atoms with Crippen LogP contribution in [0, 0.1) is 6.92 Å². The van der Waals surface area contributed by atoms with E-state index in [9.17, 15) is 14.7 Å². The van der Waals surface area contributed by atoms with Crippen molar-refractivity contribution in [3.05, 3.63) is 52.3 Å². The molecule has 1 aliphatic heterocycles. The lowest BCUT2D eigenvalue weighted by molar-refractivity contribution is -0.137. The molecule has 4 rings (SSSR count). The third-order valence-electron chi connectivity index (χ3n) is 3.97. The van der Waals surface area contributed by atoms with Gasteiger partial charge >= 0.3 is 5.97 Å². The Morgan fingerprint density at radius 1 is 1.19 bits per heavy atom. The minimum Gasteiger partial charge on any atom is -0.480 e. The van der Waals surface area contributed by atoms with Crippen LogP contribution in [0.3, 0.4) is 0 Å². The van der Waals surface area contributed by atoms with Gasteiger partial charge in [-0.3, -0.25) is 9.59 Å². The number of hydrogen-bond acceptors (Lipinski definition) is 5. The molecule has 7 nitrogen and oxygen atoms in total. The number of carboxylic acid groups (broad SMARTS) is 1. The number of amides is 1. The second-order valence-electron chi connectivity index (χ2n) is 5.82. The molecule has 8 heteroatoms. The van der Waals surface area contributed by atoms with Crippen LogP contribution in [0.15, 0.2) is 41.4 Å². The Morgan fingerprint density at radius 3 is 2.58 bits per heavy atom. The van der Waals surface area contributed by atoms with Gasteiger partial charge in [-0.1, -0.05) is 29.0 Å². The van der Waals surface area contributed by atoms with Crippen molar-refractivity contribution in [1.29, 1.82) is 0 Å². The predicted molar refractivity (Wildman–Crippen MR) is 94.6 cm³/mol. The largest absolute Gasteiger partial charge is 0.480 e. The van der Waals surface area contributed by atoms with Gasteiger partial charge in [0.1, 0.15) is 6.54 Å². The molecule has 3 aromatic rings. The second-order valence-corrected chi connectivity index (χ2v) is 6.83. The molecule has 0 spiro atoms. The number of ether oxygens (including phenoxy) is 2. The van der Waals surface area contributed by atoms with E-state index in [-0.39, 0.29) is 13.3 Å². The highest BCUT2D eigenvalue weighted by atomic mass is 32.1. The lowest BCUT2D eigenvalue weighted by atomic mass is 10.1. The van der Waals surface area contributed by atoms with E-state index in [4.69, 9.17) is 9.47 Å². The number of aromatic nitrogens is 1. The van der Waals surface area contributed by atoms with Crippen molar-refractivity contribution in [2.45, 2.75) is 13.5 Å². The van der Waals surface area contributed by atoms with E-state index in [2.05, 4.69) is 4.99 Å². The minimum absolute atomic E-state index is 0.134. The van der Waals surface area contributed by atoms with Gasteiger partial charge in [-0.05, 0) is 19.1 Å². The van der Waals surface area contributed by atoms with E-state index < -0.39 is 11.9 Å². The summed E-state index contributed by atoms with van der Waals surface area (Å²) >= 11 is 1.23. The van der Waals surface area contributed by atoms with E-state index in [0.29, 0.717) is 27.4 Å². The van der Waals surface area contributed by atoms with Crippen molar-refractivity contribution in [2.24, 2.45) is 4.99 Å².